The van der Waals surface area contributed by atoms with Crippen LogP contribution >= 0.6 is 31.9 Å². The van der Waals surface area contributed by atoms with Crippen molar-refractivity contribution >= 4 is 31.9 Å². The lowest BCUT2D eigenvalue weighted by Crippen LogP contribution is -2.23. The molecule has 0 radical (unpaired) electrons. The Balaban J connectivity index is 2.52. The average molecular weight is 401 g/mol. The van der Waals surface area contributed by atoms with Crippen LogP contribution in [0.2, 0.25) is 0 Å². The zero-order valence-corrected chi connectivity index (χ0v) is 14.6. The predicted molar refractivity (Wildman–Crippen MR) is 88.5 cm³/mol. The molecule has 1 nitrogen and oxygen atoms in total. The molecule has 106 valence electrons. The summed E-state index contributed by atoms with van der Waals surface area (Å²) in [4.78, 5) is 0. The summed E-state index contributed by atoms with van der Waals surface area (Å²) in [7, 11) is 0. The van der Waals surface area contributed by atoms with Crippen molar-refractivity contribution in [1.82, 2.24) is 5.32 Å². The molecule has 0 fully saturated rings. The predicted octanol–water partition coefficient (Wildman–Crippen LogP) is 5.36. The minimum atomic E-state index is -0.197. The lowest BCUT2D eigenvalue weighted by molar-refractivity contribution is 0.558. The molecule has 0 spiro atoms. The monoisotopic (exact) mass is 399 g/mol. The molecule has 1 atom stereocenters. The minimum Gasteiger partial charge on any atom is -0.306 e. The van der Waals surface area contributed by atoms with Crippen molar-refractivity contribution in [3.05, 3.63) is 67.9 Å². The smallest absolute Gasteiger partial charge is 0.128 e. The number of hydrogen-bond donors (Lipinski definition) is 1. The Morgan fingerprint density at radius 1 is 1.10 bits per heavy atom. The van der Waals surface area contributed by atoms with Gasteiger partial charge in [-0.1, -0.05) is 44.8 Å². The summed E-state index contributed by atoms with van der Waals surface area (Å²) in [5.41, 5.74) is 2.85. The lowest BCUT2D eigenvalue weighted by Gasteiger charge is -2.20. The third-order valence-electron chi connectivity index (χ3n) is 3.08. The van der Waals surface area contributed by atoms with Crippen molar-refractivity contribution in [2.45, 2.75) is 19.9 Å². The van der Waals surface area contributed by atoms with Crippen LogP contribution in [0.4, 0.5) is 4.39 Å². The van der Waals surface area contributed by atoms with Gasteiger partial charge < -0.3 is 5.32 Å². The van der Waals surface area contributed by atoms with E-state index in [-0.39, 0.29) is 11.9 Å². The van der Waals surface area contributed by atoms with Crippen LogP contribution in [-0.2, 0) is 0 Å². The van der Waals surface area contributed by atoms with Gasteiger partial charge in [0.2, 0.25) is 0 Å². The van der Waals surface area contributed by atoms with Crippen LogP contribution in [0.3, 0.4) is 0 Å². The zero-order chi connectivity index (χ0) is 14.7. The van der Waals surface area contributed by atoms with Gasteiger partial charge in [-0.2, -0.15) is 0 Å². The highest BCUT2D eigenvalue weighted by Gasteiger charge is 2.18. The van der Waals surface area contributed by atoms with Gasteiger partial charge >= 0.3 is 0 Å². The molecular formula is C16H16Br2FN. The molecule has 4 heteroatoms. The summed E-state index contributed by atoms with van der Waals surface area (Å²) in [5.74, 6) is -0.197. The van der Waals surface area contributed by atoms with Gasteiger partial charge in [0, 0.05) is 14.5 Å². The van der Waals surface area contributed by atoms with E-state index in [4.69, 9.17) is 0 Å². The maximum atomic E-state index is 14.2. The second kappa shape index (κ2) is 6.83. The van der Waals surface area contributed by atoms with Crippen LogP contribution in [0.1, 0.15) is 29.7 Å². The highest BCUT2D eigenvalue weighted by atomic mass is 79.9. The van der Waals surface area contributed by atoms with Gasteiger partial charge in [-0.05, 0) is 54.9 Å². The van der Waals surface area contributed by atoms with E-state index in [1.807, 2.05) is 32.0 Å². The molecule has 1 N–H and O–H groups in total. The zero-order valence-electron chi connectivity index (χ0n) is 11.4. The van der Waals surface area contributed by atoms with E-state index in [9.17, 15) is 4.39 Å². The summed E-state index contributed by atoms with van der Waals surface area (Å²) in [6, 6.07) is 11.0. The standard InChI is InChI=1S/C16H16Br2FN/c1-3-20-16(11-6-10(2)7-13(18)8-11)14-9-12(17)4-5-15(14)19/h4-9,16,20H,3H2,1-2H3. The normalized spacial score (nSPS) is 12.4. The molecule has 0 saturated carbocycles. The van der Waals surface area contributed by atoms with Crippen molar-refractivity contribution in [2.24, 2.45) is 0 Å². The molecule has 0 aliphatic rings. The fourth-order valence-corrected chi connectivity index (χ4v) is 3.28. The SMILES string of the molecule is CCNC(c1cc(C)cc(Br)c1)c1cc(Br)ccc1F. The summed E-state index contributed by atoms with van der Waals surface area (Å²) >= 11 is 6.92. The molecular weight excluding hydrogens is 385 g/mol. The van der Waals surface area contributed by atoms with Crippen molar-refractivity contribution in [3.63, 3.8) is 0 Å². The van der Waals surface area contributed by atoms with Crippen LogP contribution in [0.5, 0.6) is 0 Å². The highest BCUT2D eigenvalue weighted by Crippen LogP contribution is 2.29. The van der Waals surface area contributed by atoms with E-state index in [0.717, 1.165) is 26.6 Å². The van der Waals surface area contributed by atoms with E-state index >= 15 is 0 Å². The lowest BCUT2D eigenvalue weighted by atomic mass is 9.97. The largest absolute Gasteiger partial charge is 0.306 e. The van der Waals surface area contributed by atoms with Gasteiger partial charge in [0.15, 0.2) is 0 Å². The second-order valence-corrected chi connectivity index (χ2v) is 6.55. The van der Waals surface area contributed by atoms with E-state index in [0.29, 0.717) is 5.56 Å². The maximum absolute atomic E-state index is 14.2. The van der Waals surface area contributed by atoms with Crippen molar-refractivity contribution in [3.8, 4) is 0 Å². The first kappa shape index (κ1) is 15.7. The van der Waals surface area contributed by atoms with E-state index < -0.39 is 0 Å². The van der Waals surface area contributed by atoms with Crippen LogP contribution < -0.4 is 5.32 Å². The maximum Gasteiger partial charge on any atom is 0.128 e. The molecule has 0 aromatic heterocycles. The van der Waals surface area contributed by atoms with Gasteiger partial charge in [0.25, 0.3) is 0 Å². The van der Waals surface area contributed by atoms with Gasteiger partial charge in [0.05, 0.1) is 6.04 Å². The Kier molecular flexibility index (Phi) is 5.35. The first-order valence-electron chi connectivity index (χ1n) is 6.46. The van der Waals surface area contributed by atoms with Crippen LogP contribution in [-0.4, -0.2) is 6.54 Å². The third kappa shape index (κ3) is 3.68. The second-order valence-electron chi connectivity index (χ2n) is 4.72. The first-order chi connectivity index (χ1) is 9.51. The highest BCUT2D eigenvalue weighted by molar-refractivity contribution is 9.10. The number of aryl methyl sites for hydroxylation is 1. The van der Waals surface area contributed by atoms with E-state index in [1.165, 1.54) is 6.07 Å². The number of rotatable bonds is 4. The van der Waals surface area contributed by atoms with Crippen LogP contribution in [0.15, 0.2) is 45.3 Å². The van der Waals surface area contributed by atoms with E-state index in [2.05, 4.69) is 43.2 Å². The fraction of sp³-hybridized carbons (Fsp3) is 0.250. The Labute approximate surface area is 135 Å². The number of halogens is 3. The first-order valence-corrected chi connectivity index (χ1v) is 8.05. The quantitative estimate of drug-likeness (QED) is 0.728. The molecule has 2 rings (SSSR count). The molecule has 1 unspecified atom stereocenters. The Morgan fingerprint density at radius 3 is 2.50 bits per heavy atom. The summed E-state index contributed by atoms with van der Waals surface area (Å²) in [6.07, 6.45) is 0. The van der Waals surface area contributed by atoms with Gasteiger partial charge in [-0.15, -0.1) is 0 Å². The van der Waals surface area contributed by atoms with E-state index in [1.54, 1.807) is 6.07 Å². The Hall–Kier alpha value is -0.710. The Bertz CT molecular complexity index is 593. The fourth-order valence-electron chi connectivity index (χ4n) is 2.28. The van der Waals surface area contributed by atoms with Crippen molar-refractivity contribution in [2.75, 3.05) is 6.54 Å². The average Bonchev–Trinajstić information content (AvgIpc) is 2.38. The number of benzene rings is 2. The number of nitrogens with one attached hydrogen (secondary N) is 1. The van der Waals surface area contributed by atoms with Gasteiger partial charge in [-0.3, -0.25) is 0 Å². The molecule has 0 aliphatic heterocycles. The molecule has 0 aliphatic carbocycles. The van der Waals surface area contributed by atoms with Gasteiger partial charge in [0.1, 0.15) is 5.82 Å². The molecule has 2 aromatic carbocycles. The molecule has 20 heavy (non-hydrogen) atoms. The molecule has 0 heterocycles. The van der Waals surface area contributed by atoms with Crippen molar-refractivity contribution in [1.29, 1.82) is 0 Å². The summed E-state index contributed by atoms with van der Waals surface area (Å²) in [5, 5.41) is 3.36. The van der Waals surface area contributed by atoms with Gasteiger partial charge in [-0.25, -0.2) is 4.39 Å². The molecule has 2 aromatic rings. The van der Waals surface area contributed by atoms with Crippen LogP contribution in [0, 0.1) is 12.7 Å². The number of hydrogen-bond acceptors (Lipinski definition) is 1. The molecule has 0 bridgehead atoms. The summed E-state index contributed by atoms with van der Waals surface area (Å²) in [6.45, 7) is 4.82. The minimum absolute atomic E-state index is 0.159. The molecule has 0 saturated heterocycles. The van der Waals surface area contributed by atoms with Crippen molar-refractivity contribution < 1.29 is 4.39 Å². The topological polar surface area (TPSA) is 12.0 Å². The Morgan fingerprint density at radius 2 is 1.85 bits per heavy atom. The molecule has 0 amide bonds. The van der Waals surface area contributed by atoms with Crippen LogP contribution in [0.25, 0.3) is 0 Å². The summed E-state index contributed by atoms with van der Waals surface area (Å²) < 4.78 is 16.0. The third-order valence-corrected chi connectivity index (χ3v) is 4.03.